The fourth-order valence-electron chi connectivity index (χ4n) is 2.71. The summed E-state index contributed by atoms with van der Waals surface area (Å²) in [5.74, 6) is -0.417. The van der Waals surface area contributed by atoms with Gasteiger partial charge in [0.1, 0.15) is 5.75 Å². The summed E-state index contributed by atoms with van der Waals surface area (Å²) in [6, 6.07) is 12.3. The first-order chi connectivity index (χ1) is 12.5. The summed E-state index contributed by atoms with van der Waals surface area (Å²) in [6.07, 6.45) is 3.09. The maximum atomic E-state index is 12.6. The van der Waals surface area contributed by atoms with E-state index in [0.717, 1.165) is 12.8 Å². The van der Waals surface area contributed by atoms with E-state index in [0.29, 0.717) is 18.7 Å². The van der Waals surface area contributed by atoms with Crippen LogP contribution in [-0.2, 0) is 10.0 Å². The summed E-state index contributed by atoms with van der Waals surface area (Å²) < 4.78 is 26.6. The maximum absolute atomic E-state index is 12.6. The molecule has 136 valence electrons. The standard InChI is InChI=1S/C18H19N3O4S/c22-16-7-3-5-14(11-16)13-19-20-18(23)15-6-4-8-17(12-15)26(24,25)21-9-1-2-10-21/h3-8,11-13,22H,1-2,9-10H2,(H,20,23). The molecule has 2 N–H and O–H groups in total. The van der Waals surface area contributed by atoms with Crippen molar-refractivity contribution in [2.45, 2.75) is 17.7 Å². The van der Waals surface area contributed by atoms with Gasteiger partial charge in [0.15, 0.2) is 0 Å². The molecule has 2 aromatic carbocycles. The van der Waals surface area contributed by atoms with Gasteiger partial charge in [-0.2, -0.15) is 9.41 Å². The maximum Gasteiger partial charge on any atom is 0.271 e. The zero-order valence-corrected chi connectivity index (χ0v) is 14.8. The van der Waals surface area contributed by atoms with E-state index in [9.17, 15) is 18.3 Å². The summed E-state index contributed by atoms with van der Waals surface area (Å²) in [7, 11) is -3.58. The van der Waals surface area contributed by atoms with E-state index in [-0.39, 0.29) is 16.2 Å². The quantitative estimate of drug-likeness (QED) is 0.618. The first kappa shape index (κ1) is 18.1. The Morgan fingerprint density at radius 1 is 1.12 bits per heavy atom. The molecule has 2 aromatic rings. The average Bonchev–Trinajstić information content (AvgIpc) is 3.17. The molecule has 0 saturated carbocycles. The molecular weight excluding hydrogens is 354 g/mol. The number of hydrazone groups is 1. The van der Waals surface area contributed by atoms with Gasteiger partial charge in [-0.05, 0) is 48.7 Å². The van der Waals surface area contributed by atoms with Crippen molar-refractivity contribution >= 4 is 22.1 Å². The molecule has 1 amide bonds. The van der Waals surface area contributed by atoms with Gasteiger partial charge in [-0.1, -0.05) is 18.2 Å². The Labute approximate surface area is 152 Å². The van der Waals surface area contributed by atoms with E-state index < -0.39 is 15.9 Å². The number of rotatable bonds is 5. The second kappa shape index (κ2) is 7.67. The molecule has 8 heteroatoms. The van der Waals surface area contributed by atoms with Gasteiger partial charge in [0.25, 0.3) is 5.91 Å². The number of sulfonamides is 1. The van der Waals surface area contributed by atoms with E-state index >= 15 is 0 Å². The minimum absolute atomic E-state index is 0.0973. The Morgan fingerprint density at radius 3 is 2.58 bits per heavy atom. The highest BCUT2D eigenvalue weighted by atomic mass is 32.2. The number of amides is 1. The van der Waals surface area contributed by atoms with Gasteiger partial charge >= 0.3 is 0 Å². The number of benzene rings is 2. The summed E-state index contributed by atoms with van der Waals surface area (Å²) in [5, 5.41) is 13.2. The first-order valence-electron chi connectivity index (χ1n) is 8.19. The molecule has 1 aliphatic heterocycles. The lowest BCUT2D eigenvalue weighted by atomic mass is 10.2. The lowest BCUT2D eigenvalue weighted by Gasteiger charge is -2.15. The van der Waals surface area contributed by atoms with Crippen LogP contribution < -0.4 is 5.43 Å². The first-order valence-corrected chi connectivity index (χ1v) is 9.63. The van der Waals surface area contributed by atoms with E-state index in [2.05, 4.69) is 10.5 Å². The van der Waals surface area contributed by atoms with E-state index in [1.807, 2.05) is 0 Å². The van der Waals surface area contributed by atoms with Gasteiger partial charge < -0.3 is 5.11 Å². The van der Waals surface area contributed by atoms with Crippen LogP contribution in [0, 0.1) is 0 Å². The molecule has 0 aromatic heterocycles. The monoisotopic (exact) mass is 373 g/mol. The lowest BCUT2D eigenvalue weighted by molar-refractivity contribution is 0.0955. The molecular formula is C18H19N3O4S. The Morgan fingerprint density at radius 2 is 1.85 bits per heavy atom. The number of phenols is 1. The van der Waals surface area contributed by atoms with Crippen LogP contribution in [-0.4, -0.2) is 43.0 Å². The normalized spacial score (nSPS) is 15.4. The highest BCUT2D eigenvalue weighted by Crippen LogP contribution is 2.21. The second-order valence-corrected chi connectivity index (χ2v) is 7.87. The number of nitrogens with zero attached hydrogens (tertiary/aromatic N) is 2. The smallest absolute Gasteiger partial charge is 0.271 e. The largest absolute Gasteiger partial charge is 0.508 e. The number of phenolic OH excluding ortho intramolecular Hbond substituents is 1. The molecule has 0 atom stereocenters. The minimum Gasteiger partial charge on any atom is -0.508 e. The fourth-order valence-corrected chi connectivity index (χ4v) is 4.27. The number of carbonyl (C=O) groups excluding carboxylic acids is 1. The molecule has 3 rings (SSSR count). The van der Waals surface area contributed by atoms with Crippen molar-refractivity contribution in [2.75, 3.05) is 13.1 Å². The molecule has 26 heavy (non-hydrogen) atoms. The number of nitrogens with one attached hydrogen (secondary N) is 1. The van der Waals surface area contributed by atoms with E-state index in [1.165, 1.54) is 46.9 Å². The van der Waals surface area contributed by atoms with Crippen LogP contribution in [0.25, 0.3) is 0 Å². The summed E-state index contributed by atoms with van der Waals surface area (Å²) in [4.78, 5) is 12.3. The Kier molecular flexibility index (Phi) is 5.34. The van der Waals surface area contributed by atoms with Gasteiger partial charge in [-0.25, -0.2) is 13.8 Å². The summed E-state index contributed by atoms with van der Waals surface area (Å²) in [6.45, 7) is 1.01. The van der Waals surface area contributed by atoms with Crippen LogP contribution in [0.2, 0.25) is 0 Å². The van der Waals surface area contributed by atoms with Crippen LogP contribution in [0.15, 0.2) is 58.5 Å². The molecule has 1 aliphatic rings. The second-order valence-electron chi connectivity index (χ2n) is 5.93. The molecule has 1 saturated heterocycles. The zero-order valence-electron chi connectivity index (χ0n) is 14.0. The van der Waals surface area contributed by atoms with Crippen molar-refractivity contribution in [2.24, 2.45) is 5.10 Å². The number of hydrogen-bond acceptors (Lipinski definition) is 5. The number of aromatic hydroxyl groups is 1. The molecule has 1 heterocycles. The van der Waals surface area contributed by atoms with Gasteiger partial charge in [-0.3, -0.25) is 4.79 Å². The third kappa shape index (κ3) is 4.09. The Balaban J connectivity index is 1.72. The summed E-state index contributed by atoms with van der Waals surface area (Å²) in [5.41, 5.74) is 3.18. The molecule has 0 unspecified atom stereocenters. The Hall–Kier alpha value is -2.71. The zero-order chi connectivity index (χ0) is 18.6. The van der Waals surface area contributed by atoms with E-state index in [1.54, 1.807) is 12.1 Å². The fraction of sp³-hybridized carbons (Fsp3) is 0.222. The van der Waals surface area contributed by atoms with Crippen LogP contribution in [0.4, 0.5) is 0 Å². The lowest BCUT2D eigenvalue weighted by Crippen LogP contribution is -2.28. The van der Waals surface area contributed by atoms with E-state index in [4.69, 9.17) is 0 Å². The van der Waals surface area contributed by atoms with Gasteiger partial charge in [0.2, 0.25) is 10.0 Å². The van der Waals surface area contributed by atoms with Gasteiger partial charge in [-0.15, -0.1) is 0 Å². The molecule has 7 nitrogen and oxygen atoms in total. The molecule has 0 aliphatic carbocycles. The van der Waals surface area contributed by atoms with Crippen molar-refractivity contribution in [3.05, 3.63) is 59.7 Å². The highest BCUT2D eigenvalue weighted by molar-refractivity contribution is 7.89. The van der Waals surface area contributed by atoms with Crippen molar-refractivity contribution in [3.8, 4) is 5.75 Å². The predicted molar refractivity (Wildman–Crippen MR) is 97.6 cm³/mol. The third-order valence-corrected chi connectivity index (χ3v) is 5.94. The van der Waals surface area contributed by atoms with Gasteiger partial charge in [0, 0.05) is 18.7 Å². The van der Waals surface area contributed by atoms with Crippen LogP contribution >= 0.6 is 0 Å². The molecule has 1 fully saturated rings. The van der Waals surface area contributed by atoms with Crippen LogP contribution in [0.5, 0.6) is 5.75 Å². The van der Waals surface area contributed by atoms with Crippen LogP contribution in [0.1, 0.15) is 28.8 Å². The van der Waals surface area contributed by atoms with Crippen LogP contribution in [0.3, 0.4) is 0 Å². The topological polar surface area (TPSA) is 99.1 Å². The number of hydrogen-bond donors (Lipinski definition) is 2. The molecule has 0 spiro atoms. The highest BCUT2D eigenvalue weighted by Gasteiger charge is 2.27. The predicted octanol–water partition coefficient (Wildman–Crippen LogP) is 1.94. The SMILES string of the molecule is O=C(NN=Cc1cccc(O)c1)c1cccc(S(=O)(=O)N2CCCC2)c1. The molecule has 0 bridgehead atoms. The van der Waals surface area contributed by atoms with Gasteiger partial charge in [0.05, 0.1) is 11.1 Å². The van der Waals surface area contributed by atoms with Crippen molar-refractivity contribution < 1.29 is 18.3 Å². The number of carbonyl (C=O) groups is 1. The molecule has 0 radical (unpaired) electrons. The minimum atomic E-state index is -3.58. The summed E-state index contributed by atoms with van der Waals surface area (Å²) >= 11 is 0. The average molecular weight is 373 g/mol. The Bertz CT molecular complexity index is 935. The third-order valence-electron chi connectivity index (χ3n) is 4.05. The van der Waals surface area contributed by atoms with Crippen molar-refractivity contribution in [3.63, 3.8) is 0 Å². The van der Waals surface area contributed by atoms with Crippen molar-refractivity contribution in [1.82, 2.24) is 9.73 Å². The van der Waals surface area contributed by atoms with Crippen molar-refractivity contribution in [1.29, 1.82) is 0 Å².